The smallest absolute Gasteiger partial charge is 0.328 e. The van der Waals surface area contributed by atoms with Gasteiger partial charge in [-0.1, -0.05) is 37.6 Å². The minimum Gasteiger partial charge on any atom is -0.493 e. The standard InChI is InChI=1S/C29H31ClN2O7S/c1-29(2,15-33)14-32-21-9-8-17(30)12-19(21)26(18-6-5-7-22(37-3)27(18)38-4)39-23(28(32)36)13-20-24(40-16-31-20)10-11-25(34)35/h5-12,16,23,26,33H,13-15H2,1-4H3,(H,34,35)/b11-10+/t23-,26-/m1/s1. The topological polar surface area (TPSA) is 118 Å². The number of carboxylic acid groups (broad SMARTS) is 1. The molecule has 2 aromatic carbocycles. The van der Waals surface area contributed by atoms with E-state index in [1.807, 2.05) is 26.0 Å². The number of aromatic nitrogens is 1. The molecule has 0 fully saturated rings. The third kappa shape index (κ3) is 6.31. The zero-order valence-electron chi connectivity index (χ0n) is 22.6. The second-order valence-corrected chi connectivity index (χ2v) is 11.4. The number of nitrogens with zero attached hydrogens (tertiary/aromatic N) is 2. The number of carbonyl (C=O) groups is 2. The van der Waals surface area contributed by atoms with Crippen LogP contribution in [0.4, 0.5) is 5.69 Å². The van der Waals surface area contributed by atoms with Crippen LogP contribution in [0, 0.1) is 5.41 Å². The molecule has 1 aliphatic rings. The number of hydrogen-bond donors (Lipinski definition) is 2. The molecule has 2 N–H and O–H groups in total. The van der Waals surface area contributed by atoms with Gasteiger partial charge in [0.1, 0.15) is 12.2 Å². The van der Waals surface area contributed by atoms with Crippen molar-refractivity contribution in [3.8, 4) is 11.5 Å². The Morgan fingerprint density at radius 3 is 2.67 bits per heavy atom. The molecule has 3 aromatic rings. The number of hydrogen-bond acceptors (Lipinski definition) is 8. The normalized spacial score (nSPS) is 17.6. The van der Waals surface area contributed by atoms with Crippen LogP contribution >= 0.6 is 22.9 Å². The van der Waals surface area contributed by atoms with Gasteiger partial charge in [-0.25, -0.2) is 9.78 Å². The largest absolute Gasteiger partial charge is 0.493 e. The lowest BCUT2D eigenvalue weighted by Gasteiger charge is -2.32. The van der Waals surface area contributed by atoms with Crippen LogP contribution in [0.2, 0.25) is 5.02 Å². The van der Waals surface area contributed by atoms with Gasteiger partial charge in [-0.3, -0.25) is 4.79 Å². The number of aliphatic carboxylic acids is 1. The van der Waals surface area contributed by atoms with E-state index < -0.39 is 23.6 Å². The van der Waals surface area contributed by atoms with E-state index in [1.165, 1.54) is 24.5 Å². The summed E-state index contributed by atoms with van der Waals surface area (Å²) in [6.07, 6.45) is 0.778. The molecule has 2 atom stereocenters. The highest BCUT2D eigenvalue weighted by molar-refractivity contribution is 7.10. The first-order valence-electron chi connectivity index (χ1n) is 12.5. The third-order valence-corrected chi connectivity index (χ3v) is 7.63. The Hall–Kier alpha value is -3.44. The molecule has 0 unspecified atom stereocenters. The van der Waals surface area contributed by atoms with E-state index >= 15 is 0 Å². The number of halogens is 1. The number of amides is 1. The van der Waals surface area contributed by atoms with Crippen molar-refractivity contribution in [1.29, 1.82) is 0 Å². The van der Waals surface area contributed by atoms with Crippen molar-refractivity contribution < 1.29 is 34.0 Å². The second-order valence-electron chi connectivity index (χ2n) is 10.1. The maximum atomic E-state index is 14.2. The molecule has 9 nitrogen and oxygen atoms in total. The number of methoxy groups -OCH3 is 2. The lowest BCUT2D eigenvalue weighted by Crippen LogP contribution is -2.46. The van der Waals surface area contributed by atoms with Gasteiger partial charge in [-0.05, 0) is 30.3 Å². The summed E-state index contributed by atoms with van der Waals surface area (Å²) in [4.78, 5) is 32.0. The fourth-order valence-electron chi connectivity index (χ4n) is 4.60. The number of thiazole rings is 1. The summed E-state index contributed by atoms with van der Waals surface area (Å²) in [7, 11) is 3.08. The van der Waals surface area contributed by atoms with Crippen LogP contribution in [0.5, 0.6) is 11.5 Å². The third-order valence-electron chi connectivity index (χ3n) is 6.56. The van der Waals surface area contributed by atoms with Gasteiger partial charge in [-0.15, -0.1) is 11.3 Å². The monoisotopic (exact) mass is 586 g/mol. The molecular formula is C29H31ClN2O7S. The van der Waals surface area contributed by atoms with Crippen molar-refractivity contribution in [3.05, 3.63) is 74.7 Å². The van der Waals surface area contributed by atoms with Gasteiger partial charge >= 0.3 is 5.97 Å². The predicted molar refractivity (Wildman–Crippen MR) is 153 cm³/mol. The van der Waals surface area contributed by atoms with E-state index in [4.69, 9.17) is 30.9 Å². The lowest BCUT2D eigenvalue weighted by molar-refractivity contribution is -0.132. The Labute approximate surface area is 241 Å². The lowest BCUT2D eigenvalue weighted by atomic mass is 9.92. The van der Waals surface area contributed by atoms with Crippen molar-refractivity contribution in [1.82, 2.24) is 4.98 Å². The van der Waals surface area contributed by atoms with Gasteiger partial charge in [0.15, 0.2) is 11.5 Å². The predicted octanol–water partition coefficient (Wildman–Crippen LogP) is 4.99. The summed E-state index contributed by atoms with van der Waals surface area (Å²) in [6.45, 7) is 3.80. The Kier molecular flexibility index (Phi) is 9.15. The number of ether oxygens (including phenoxy) is 3. The average molecular weight is 587 g/mol. The molecule has 11 heteroatoms. The van der Waals surface area contributed by atoms with Crippen LogP contribution in [0.25, 0.3) is 6.08 Å². The average Bonchev–Trinajstić information content (AvgIpc) is 3.35. The molecule has 0 bridgehead atoms. The minimum atomic E-state index is -1.09. The Balaban J connectivity index is 1.90. The van der Waals surface area contributed by atoms with Crippen molar-refractivity contribution in [3.63, 3.8) is 0 Å². The molecule has 0 spiro atoms. The van der Waals surface area contributed by atoms with Crippen LogP contribution in [0.15, 0.2) is 48.0 Å². The molecule has 0 saturated carbocycles. The summed E-state index contributed by atoms with van der Waals surface area (Å²) < 4.78 is 17.9. The first kappa shape index (κ1) is 29.5. The number of fused-ring (bicyclic) bond motifs is 1. The number of carbonyl (C=O) groups excluding carboxylic acids is 1. The Morgan fingerprint density at radius 1 is 1.23 bits per heavy atom. The number of benzene rings is 2. The molecule has 212 valence electrons. The fourth-order valence-corrected chi connectivity index (χ4v) is 5.49. The number of aliphatic hydroxyl groups is 1. The summed E-state index contributed by atoms with van der Waals surface area (Å²) in [5.41, 5.74) is 3.38. The summed E-state index contributed by atoms with van der Waals surface area (Å²) in [5.74, 6) is -0.458. The van der Waals surface area contributed by atoms with E-state index in [-0.39, 0.29) is 25.5 Å². The van der Waals surface area contributed by atoms with Crippen molar-refractivity contribution >= 4 is 46.6 Å². The fraction of sp³-hybridized carbons (Fsp3) is 0.345. The van der Waals surface area contributed by atoms with Crippen LogP contribution in [0.3, 0.4) is 0 Å². The number of anilines is 1. The first-order chi connectivity index (χ1) is 19.1. The second kappa shape index (κ2) is 12.4. The molecule has 4 rings (SSSR count). The van der Waals surface area contributed by atoms with Crippen LogP contribution in [-0.2, 0) is 20.7 Å². The van der Waals surface area contributed by atoms with Gasteiger partial charge in [-0.2, -0.15) is 0 Å². The summed E-state index contributed by atoms with van der Waals surface area (Å²) in [6, 6.07) is 10.7. The van der Waals surface area contributed by atoms with Gasteiger partial charge < -0.3 is 29.3 Å². The number of para-hydroxylation sites is 1. The zero-order valence-corrected chi connectivity index (χ0v) is 24.2. The molecule has 0 saturated heterocycles. The van der Waals surface area contributed by atoms with E-state index in [0.29, 0.717) is 43.9 Å². The molecule has 0 radical (unpaired) electrons. The van der Waals surface area contributed by atoms with E-state index in [2.05, 4.69) is 4.98 Å². The van der Waals surface area contributed by atoms with Crippen LogP contribution in [0.1, 0.15) is 41.6 Å². The molecule has 1 amide bonds. The quantitative estimate of drug-likeness (QED) is 0.319. The molecular weight excluding hydrogens is 556 g/mol. The maximum absolute atomic E-state index is 14.2. The molecule has 40 heavy (non-hydrogen) atoms. The van der Waals surface area contributed by atoms with Gasteiger partial charge in [0.05, 0.1) is 30.3 Å². The molecule has 1 aromatic heterocycles. The Bertz CT molecular complexity index is 1420. The van der Waals surface area contributed by atoms with Crippen molar-refractivity contribution in [2.45, 2.75) is 32.5 Å². The van der Waals surface area contributed by atoms with E-state index in [9.17, 15) is 14.7 Å². The van der Waals surface area contributed by atoms with Gasteiger partial charge in [0.25, 0.3) is 5.91 Å². The van der Waals surface area contributed by atoms with Crippen LogP contribution < -0.4 is 14.4 Å². The molecule has 0 aliphatic carbocycles. The van der Waals surface area contributed by atoms with Gasteiger partial charge in [0, 0.05) is 52.9 Å². The van der Waals surface area contributed by atoms with Gasteiger partial charge in [0.2, 0.25) is 0 Å². The maximum Gasteiger partial charge on any atom is 0.328 e. The van der Waals surface area contributed by atoms with Crippen molar-refractivity contribution in [2.24, 2.45) is 5.41 Å². The SMILES string of the molecule is COc1cccc([C@H]2O[C@H](Cc3ncsc3/C=C/C(=O)O)C(=O)N(CC(C)(C)CO)c3ccc(Cl)cc32)c1OC. The van der Waals surface area contributed by atoms with E-state index in [1.54, 1.807) is 41.8 Å². The van der Waals surface area contributed by atoms with E-state index in [0.717, 1.165) is 6.08 Å². The highest BCUT2D eigenvalue weighted by Crippen LogP contribution is 2.45. The molecule has 1 aliphatic heterocycles. The van der Waals surface area contributed by atoms with Crippen LogP contribution in [-0.4, -0.2) is 60.5 Å². The zero-order chi connectivity index (χ0) is 29.0. The summed E-state index contributed by atoms with van der Waals surface area (Å²) in [5, 5.41) is 19.6. The highest BCUT2D eigenvalue weighted by Gasteiger charge is 2.40. The highest BCUT2D eigenvalue weighted by atomic mass is 35.5. The molecule has 2 heterocycles. The van der Waals surface area contributed by atoms with Crippen molar-refractivity contribution in [2.75, 3.05) is 32.3 Å². The number of rotatable bonds is 10. The Morgan fingerprint density at radius 2 is 2.00 bits per heavy atom. The first-order valence-corrected chi connectivity index (χ1v) is 13.8. The number of carboxylic acids is 1. The summed E-state index contributed by atoms with van der Waals surface area (Å²) >= 11 is 7.74. The minimum absolute atomic E-state index is 0.0855. The number of aliphatic hydroxyl groups excluding tert-OH is 1.